The molecule has 0 spiro atoms. The van der Waals surface area contributed by atoms with Crippen molar-refractivity contribution in [1.29, 1.82) is 0 Å². The number of carbonyl (C=O) groups is 2. The summed E-state index contributed by atoms with van der Waals surface area (Å²) in [6.07, 6.45) is 2.25. The summed E-state index contributed by atoms with van der Waals surface area (Å²) in [6.45, 7) is 3.88. The Labute approximate surface area is 207 Å². The molecule has 1 fully saturated rings. The minimum atomic E-state index is -4.36. The summed E-state index contributed by atoms with van der Waals surface area (Å²) in [5, 5.41) is 0. The molecule has 1 aromatic rings. The maximum absolute atomic E-state index is 13.5. The van der Waals surface area contributed by atoms with Gasteiger partial charge in [0.25, 0.3) is 5.91 Å². The number of hydrogen-bond acceptors (Lipinski definition) is 3. The Morgan fingerprint density at radius 2 is 1.69 bits per heavy atom. The van der Waals surface area contributed by atoms with Gasteiger partial charge in [0.1, 0.15) is 11.9 Å². The van der Waals surface area contributed by atoms with Gasteiger partial charge in [-0.1, -0.05) is 44.7 Å². The number of amides is 2. The van der Waals surface area contributed by atoms with Crippen molar-refractivity contribution in [3.63, 3.8) is 0 Å². The van der Waals surface area contributed by atoms with E-state index in [2.05, 4.69) is 6.92 Å². The highest BCUT2D eigenvalue weighted by atomic mass is 19.4. The van der Waals surface area contributed by atoms with Crippen molar-refractivity contribution in [3.05, 3.63) is 29.8 Å². The van der Waals surface area contributed by atoms with Crippen LogP contribution in [-0.4, -0.2) is 59.6 Å². The monoisotopic (exact) mass is 496 g/mol. The van der Waals surface area contributed by atoms with Crippen LogP contribution in [0.4, 0.5) is 13.2 Å². The number of halogens is 3. The molecule has 3 rings (SSSR count). The number of carbonyl (C=O) groups excluding carboxylic acids is 2. The van der Waals surface area contributed by atoms with Crippen molar-refractivity contribution in [3.8, 4) is 5.75 Å². The van der Waals surface area contributed by atoms with Crippen LogP contribution in [0.5, 0.6) is 5.75 Å². The lowest BCUT2D eigenvalue weighted by Gasteiger charge is -2.40. The molecule has 1 saturated carbocycles. The SMILES string of the molecule is CCCN1CCCCCCCN(C(=O)CCC(F)(F)F)[C@@H]2CCCC[C@@H]2Oc2ccccc2C1=O. The lowest BCUT2D eigenvalue weighted by atomic mass is 9.90. The summed E-state index contributed by atoms with van der Waals surface area (Å²) in [5.74, 6) is -0.0125. The largest absolute Gasteiger partial charge is 0.487 e. The van der Waals surface area contributed by atoms with E-state index in [1.165, 1.54) is 0 Å². The van der Waals surface area contributed by atoms with E-state index in [0.717, 1.165) is 51.4 Å². The molecule has 1 aromatic carbocycles. The molecule has 1 aliphatic heterocycles. The van der Waals surface area contributed by atoms with E-state index in [-0.39, 0.29) is 18.1 Å². The molecule has 0 radical (unpaired) electrons. The number of hydrogen-bond donors (Lipinski definition) is 0. The molecule has 2 atom stereocenters. The zero-order valence-corrected chi connectivity index (χ0v) is 20.8. The maximum Gasteiger partial charge on any atom is 0.389 e. The molecule has 2 amide bonds. The number of benzene rings is 1. The predicted molar refractivity (Wildman–Crippen MR) is 129 cm³/mol. The average molecular weight is 497 g/mol. The van der Waals surface area contributed by atoms with Crippen LogP contribution < -0.4 is 4.74 Å². The molecular weight excluding hydrogens is 457 g/mol. The van der Waals surface area contributed by atoms with Gasteiger partial charge < -0.3 is 14.5 Å². The lowest BCUT2D eigenvalue weighted by Crippen LogP contribution is -2.51. The quantitative estimate of drug-likeness (QED) is 0.487. The summed E-state index contributed by atoms with van der Waals surface area (Å²) in [4.78, 5) is 30.0. The highest BCUT2D eigenvalue weighted by Crippen LogP contribution is 2.31. The van der Waals surface area contributed by atoms with Crippen LogP contribution in [0.3, 0.4) is 0 Å². The second kappa shape index (κ2) is 13.2. The third kappa shape index (κ3) is 8.14. The number of nitrogens with zero attached hydrogens (tertiary/aromatic N) is 2. The molecule has 0 saturated heterocycles. The van der Waals surface area contributed by atoms with Gasteiger partial charge in [0.2, 0.25) is 5.91 Å². The molecule has 35 heavy (non-hydrogen) atoms. The highest BCUT2D eigenvalue weighted by molar-refractivity contribution is 5.97. The van der Waals surface area contributed by atoms with E-state index in [0.29, 0.717) is 43.8 Å². The van der Waals surface area contributed by atoms with Gasteiger partial charge in [0.15, 0.2) is 0 Å². The van der Waals surface area contributed by atoms with Crippen LogP contribution in [-0.2, 0) is 4.79 Å². The number of rotatable bonds is 4. The summed E-state index contributed by atoms with van der Waals surface area (Å²) in [7, 11) is 0. The molecule has 0 N–H and O–H groups in total. The van der Waals surface area contributed by atoms with E-state index in [4.69, 9.17) is 4.74 Å². The molecule has 0 bridgehead atoms. The minimum absolute atomic E-state index is 0.0530. The van der Waals surface area contributed by atoms with Crippen LogP contribution in [0.25, 0.3) is 0 Å². The van der Waals surface area contributed by atoms with Crippen LogP contribution in [0, 0.1) is 0 Å². The maximum atomic E-state index is 13.5. The fourth-order valence-corrected chi connectivity index (χ4v) is 5.22. The summed E-state index contributed by atoms with van der Waals surface area (Å²) in [5.41, 5.74) is 0.509. The van der Waals surface area contributed by atoms with Gasteiger partial charge in [-0.15, -0.1) is 0 Å². The first-order valence-electron chi connectivity index (χ1n) is 13.2. The van der Waals surface area contributed by atoms with Crippen molar-refractivity contribution in [1.82, 2.24) is 9.80 Å². The van der Waals surface area contributed by atoms with Crippen molar-refractivity contribution in [2.45, 2.75) is 102 Å². The van der Waals surface area contributed by atoms with Crippen molar-refractivity contribution in [2.75, 3.05) is 19.6 Å². The first-order chi connectivity index (χ1) is 16.8. The number of fused-ring (bicyclic) bond motifs is 2. The zero-order chi connectivity index (χ0) is 25.3. The number of para-hydroxylation sites is 1. The number of alkyl halides is 3. The van der Waals surface area contributed by atoms with Gasteiger partial charge in [-0.05, 0) is 50.7 Å². The Morgan fingerprint density at radius 3 is 2.43 bits per heavy atom. The summed E-state index contributed by atoms with van der Waals surface area (Å²) >= 11 is 0. The second-order valence-corrected chi connectivity index (χ2v) is 9.77. The van der Waals surface area contributed by atoms with Gasteiger partial charge in [-0.25, -0.2) is 0 Å². The molecule has 1 aliphatic carbocycles. The van der Waals surface area contributed by atoms with E-state index in [1.807, 2.05) is 17.0 Å². The molecule has 2 aliphatic rings. The lowest BCUT2D eigenvalue weighted by molar-refractivity contribution is -0.152. The Morgan fingerprint density at radius 1 is 1.00 bits per heavy atom. The van der Waals surface area contributed by atoms with Crippen molar-refractivity contribution < 1.29 is 27.5 Å². The third-order valence-electron chi connectivity index (χ3n) is 7.01. The van der Waals surface area contributed by atoms with Gasteiger partial charge in [0, 0.05) is 26.1 Å². The van der Waals surface area contributed by atoms with Crippen LogP contribution in [0.2, 0.25) is 0 Å². The van der Waals surface area contributed by atoms with Crippen molar-refractivity contribution >= 4 is 11.8 Å². The average Bonchev–Trinajstić information content (AvgIpc) is 2.83. The number of ether oxygens (including phenoxy) is 1. The standard InChI is InChI=1S/C27H39F3N2O3/c1-2-18-31-19-10-4-3-5-11-20-32(25(33)16-17-27(28,29)30)22-13-7-9-15-24(22)35-23-14-8-6-12-21(23)26(31)34/h6,8,12,14,22,24H,2-5,7,9-11,13,15-20H2,1H3/t22-,24+/m1/s1. The molecule has 196 valence electrons. The van der Waals surface area contributed by atoms with E-state index < -0.39 is 24.9 Å². The van der Waals surface area contributed by atoms with Gasteiger partial charge in [-0.2, -0.15) is 13.2 Å². The summed E-state index contributed by atoms with van der Waals surface area (Å²) in [6, 6.07) is 6.93. The van der Waals surface area contributed by atoms with Gasteiger partial charge in [0.05, 0.1) is 18.0 Å². The molecule has 0 unspecified atom stereocenters. The topological polar surface area (TPSA) is 49.9 Å². The van der Waals surface area contributed by atoms with E-state index in [1.54, 1.807) is 17.0 Å². The van der Waals surface area contributed by atoms with E-state index in [9.17, 15) is 22.8 Å². The van der Waals surface area contributed by atoms with Crippen molar-refractivity contribution in [2.24, 2.45) is 0 Å². The van der Waals surface area contributed by atoms with E-state index >= 15 is 0 Å². The Kier molecular flexibility index (Phi) is 10.3. The van der Waals surface area contributed by atoms with Gasteiger partial charge >= 0.3 is 6.18 Å². The predicted octanol–water partition coefficient (Wildman–Crippen LogP) is 6.36. The Bertz CT molecular complexity index is 830. The fraction of sp³-hybridized carbons (Fsp3) is 0.704. The zero-order valence-electron chi connectivity index (χ0n) is 20.8. The molecule has 0 aromatic heterocycles. The van der Waals surface area contributed by atoms with Crippen LogP contribution in [0.15, 0.2) is 24.3 Å². The first-order valence-corrected chi connectivity index (χ1v) is 13.2. The van der Waals surface area contributed by atoms with Crippen LogP contribution in [0.1, 0.15) is 94.3 Å². The molecular formula is C27H39F3N2O3. The minimum Gasteiger partial charge on any atom is -0.487 e. The van der Waals surface area contributed by atoms with Crippen LogP contribution >= 0.6 is 0 Å². The fourth-order valence-electron chi connectivity index (χ4n) is 5.22. The second-order valence-electron chi connectivity index (χ2n) is 9.77. The molecule has 8 heteroatoms. The molecule has 1 heterocycles. The summed E-state index contributed by atoms with van der Waals surface area (Å²) < 4.78 is 45.0. The Balaban J connectivity index is 1.89. The molecule has 5 nitrogen and oxygen atoms in total. The van der Waals surface area contributed by atoms with Gasteiger partial charge in [-0.3, -0.25) is 9.59 Å². The highest BCUT2D eigenvalue weighted by Gasteiger charge is 2.36. The Hall–Kier alpha value is -2.25. The normalized spacial score (nSPS) is 22.9. The first kappa shape index (κ1) is 27.3. The smallest absolute Gasteiger partial charge is 0.389 e. The third-order valence-corrected chi connectivity index (χ3v) is 7.01.